The summed E-state index contributed by atoms with van der Waals surface area (Å²) in [4.78, 5) is 16.3. The Labute approximate surface area is 111 Å². The van der Waals surface area contributed by atoms with E-state index >= 15 is 0 Å². The highest BCUT2D eigenvalue weighted by atomic mass is 16.2. The van der Waals surface area contributed by atoms with E-state index in [4.69, 9.17) is 0 Å². The first kappa shape index (κ1) is 13.8. The van der Waals surface area contributed by atoms with Gasteiger partial charge in [0.2, 0.25) is 5.91 Å². The molecule has 0 aromatic rings. The van der Waals surface area contributed by atoms with Gasteiger partial charge >= 0.3 is 0 Å². The van der Waals surface area contributed by atoms with Gasteiger partial charge in [-0.15, -0.1) is 0 Å². The van der Waals surface area contributed by atoms with Crippen LogP contribution in [0.1, 0.15) is 39.0 Å². The van der Waals surface area contributed by atoms with Crippen molar-refractivity contribution in [2.75, 3.05) is 27.2 Å². The van der Waals surface area contributed by atoms with Crippen LogP contribution >= 0.6 is 0 Å². The predicted molar refractivity (Wildman–Crippen MR) is 73.5 cm³/mol. The molecule has 0 aromatic carbocycles. The zero-order valence-electron chi connectivity index (χ0n) is 12.0. The van der Waals surface area contributed by atoms with Crippen molar-refractivity contribution >= 4 is 5.91 Å². The number of likely N-dealkylation sites (N-methyl/N-ethyl adjacent to an activating group) is 1. The van der Waals surface area contributed by atoms with Gasteiger partial charge in [0.05, 0.1) is 6.04 Å². The van der Waals surface area contributed by atoms with Gasteiger partial charge in [-0.3, -0.25) is 9.69 Å². The lowest BCUT2D eigenvalue weighted by Gasteiger charge is -2.34. The molecule has 2 atom stereocenters. The molecule has 1 aliphatic carbocycles. The molecule has 0 bridgehead atoms. The molecular formula is C14H27N3O. The number of hydrogen-bond acceptors (Lipinski definition) is 3. The summed E-state index contributed by atoms with van der Waals surface area (Å²) < 4.78 is 0. The summed E-state index contributed by atoms with van der Waals surface area (Å²) in [6.07, 6.45) is 6.40. The van der Waals surface area contributed by atoms with Gasteiger partial charge in [0.25, 0.3) is 0 Å². The van der Waals surface area contributed by atoms with Crippen LogP contribution in [0.15, 0.2) is 0 Å². The third-order valence-corrected chi connectivity index (χ3v) is 4.16. The molecule has 2 unspecified atom stereocenters. The summed E-state index contributed by atoms with van der Waals surface area (Å²) >= 11 is 0. The standard InChI is InChI=1S/C14H27N3O/c1-11(14(18)16(2)3)17(13-7-8-13)10-12-6-4-5-9-15-12/h11-13,15H,4-10H2,1-3H3. The van der Waals surface area contributed by atoms with Crippen molar-refractivity contribution in [1.29, 1.82) is 0 Å². The zero-order valence-corrected chi connectivity index (χ0v) is 12.0. The van der Waals surface area contributed by atoms with Crippen molar-refractivity contribution in [3.05, 3.63) is 0 Å². The van der Waals surface area contributed by atoms with E-state index in [0.29, 0.717) is 12.1 Å². The molecule has 1 amide bonds. The monoisotopic (exact) mass is 253 g/mol. The van der Waals surface area contributed by atoms with E-state index < -0.39 is 0 Å². The molecule has 0 radical (unpaired) electrons. The van der Waals surface area contributed by atoms with Crippen LogP contribution in [0.5, 0.6) is 0 Å². The summed E-state index contributed by atoms with van der Waals surface area (Å²) in [6.45, 7) is 4.23. The Hall–Kier alpha value is -0.610. The second kappa shape index (κ2) is 6.02. The molecule has 4 nitrogen and oxygen atoms in total. The van der Waals surface area contributed by atoms with E-state index in [9.17, 15) is 4.79 Å². The van der Waals surface area contributed by atoms with Gasteiger partial charge in [-0.1, -0.05) is 6.42 Å². The molecule has 18 heavy (non-hydrogen) atoms. The van der Waals surface area contributed by atoms with Crippen molar-refractivity contribution in [2.45, 2.75) is 57.2 Å². The van der Waals surface area contributed by atoms with Crippen LogP contribution in [0.2, 0.25) is 0 Å². The van der Waals surface area contributed by atoms with Crippen molar-refractivity contribution in [3.8, 4) is 0 Å². The Morgan fingerprint density at radius 2 is 2.00 bits per heavy atom. The number of nitrogens with zero attached hydrogens (tertiary/aromatic N) is 2. The van der Waals surface area contributed by atoms with Gasteiger partial charge < -0.3 is 10.2 Å². The summed E-state index contributed by atoms with van der Waals surface area (Å²) in [5, 5.41) is 3.59. The topological polar surface area (TPSA) is 35.6 Å². The fourth-order valence-corrected chi connectivity index (χ4v) is 2.88. The molecule has 1 N–H and O–H groups in total. The van der Waals surface area contributed by atoms with Crippen LogP contribution in [0.25, 0.3) is 0 Å². The third-order valence-electron chi connectivity index (χ3n) is 4.16. The van der Waals surface area contributed by atoms with Gasteiger partial charge in [0.1, 0.15) is 0 Å². The molecule has 104 valence electrons. The van der Waals surface area contributed by atoms with E-state index in [1.54, 1.807) is 4.90 Å². The number of carbonyl (C=O) groups excluding carboxylic acids is 1. The summed E-state index contributed by atoms with van der Waals surface area (Å²) in [6, 6.07) is 1.25. The van der Waals surface area contributed by atoms with Crippen LogP contribution < -0.4 is 5.32 Å². The first-order valence-corrected chi connectivity index (χ1v) is 7.30. The highest BCUT2D eigenvalue weighted by Crippen LogP contribution is 2.29. The van der Waals surface area contributed by atoms with Crippen LogP contribution in [0.4, 0.5) is 0 Å². The zero-order chi connectivity index (χ0) is 13.1. The van der Waals surface area contributed by atoms with Crippen molar-refractivity contribution in [3.63, 3.8) is 0 Å². The minimum Gasteiger partial charge on any atom is -0.347 e. The Bertz CT molecular complexity index is 283. The Morgan fingerprint density at radius 1 is 1.28 bits per heavy atom. The minimum atomic E-state index is 0.0243. The van der Waals surface area contributed by atoms with Crippen LogP contribution in [0, 0.1) is 0 Å². The number of hydrogen-bond donors (Lipinski definition) is 1. The average molecular weight is 253 g/mol. The lowest BCUT2D eigenvalue weighted by Crippen LogP contribution is -2.51. The number of rotatable bonds is 5. The molecule has 1 heterocycles. The summed E-state index contributed by atoms with van der Waals surface area (Å²) in [5.41, 5.74) is 0. The van der Waals surface area contributed by atoms with E-state index in [1.165, 1.54) is 32.1 Å². The average Bonchev–Trinajstić information content (AvgIpc) is 3.19. The van der Waals surface area contributed by atoms with Crippen molar-refractivity contribution < 1.29 is 4.79 Å². The Kier molecular flexibility index (Phi) is 4.62. The Morgan fingerprint density at radius 3 is 2.50 bits per heavy atom. The fourth-order valence-electron chi connectivity index (χ4n) is 2.88. The first-order chi connectivity index (χ1) is 8.59. The number of piperidine rings is 1. The van der Waals surface area contributed by atoms with Crippen molar-refractivity contribution in [1.82, 2.24) is 15.1 Å². The SMILES string of the molecule is CC(C(=O)N(C)C)N(CC1CCCCN1)C1CC1. The first-order valence-electron chi connectivity index (χ1n) is 7.30. The molecule has 0 aromatic heterocycles. The van der Waals surface area contributed by atoms with Gasteiger partial charge in [0, 0.05) is 32.7 Å². The summed E-state index contributed by atoms with van der Waals surface area (Å²) in [5.74, 6) is 0.234. The molecule has 2 fully saturated rings. The van der Waals surface area contributed by atoms with Gasteiger partial charge in [0.15, 0.2) is 0 Å². The maximum Gasteiger partial charge on any atom is 0.239 e. The molecule has 4 heteroatoms. The molecule has 1 aliphatic heterocycles. The van der Waals surface area contributed by atoms with Crippen LogP contribution in [0.3, 0.4) is 0 Å². The molecule has 1 saturated heterocycles. The maximum atomic E-state index is 12.1. The maximum absolute atomic E-state index is 12.1. The summed E-state index contributed by atoms with van der Waals surface area (Å²) in [7, 11) is 3.70. The lowest BCUT2D eigenvalue weighted by molar-refractivity contribution is -0.134. The molecule has 1 saturated carbocycles. The molecule has 0 spiro atoms. The third kappa shape index (κ3) is 3.45. The minimum absolute atomic E-state index is 0.0243. The highest BCUT2D eigenvalue weighted by Gasteiger charge is 2.36. The molecular weight excluding hydrogens is 226 g/mol. The van der Waals surface area contributed by atoms with Gasteiger partial charge in [-0.25, -0.2) is 0 Å². The van der Waals surface area contributed by atoms with Crippen molar-refractivity contribution in [2.24, 2.45) is 0 Å². The quantitative estimate of drug-likeness (QED) is 0.796. The lowest BCUT2D eigenvalue weighted by atomic mass is 10.0. The number of nitrogens with one attached hydrogen (secondary N) is 1. The smallest absolute Gasteiger partial charge is 0.239 e. The molecule has 2 aliphatic rings. The second-order valence-electron chi connectivity index (χ2n) is 5.98. The van der Waals surface area contributed by atoms with E-state index in [-0.39, 0.29) is 11.9 Å². The normalized spacial score (nSPS) is 26.1. The second-order valence-corrected chi connectivity index (χ2v) is 5.98. The molecule has 2 rings (SSSR count). The van der Waals surface area contributed by atoms with Crippen LogP contribution in [-0.4, -0.2) is 61.0 Å². The van der Waals surface area contributed by atoms with E-state index in [0.717, 1.165) is 13.1 Å². The van der Waals surface area contributed by atoms with Gasteiger partial charge in [-0.2, -0.15) is 0 Å². The number of amides is 1. The largest absolute Gasteiger partial charge is 0.347 e. The van der Waals surface area contributed by atoms with Crippen LogP contribution in [-0.2, 0) is 4.79 Å². The van der Waals surface area contributed by atoms with E-state index in [1.807, 2.05) is 14.1 Å². The number of carbonyl (C=O) groups is 1. The predicted octanol–water partition coefficient (Wildman–Crippen LogP) is 1.07. The highest BCUT2D eigenvalue weighted by molar-refractivity contribution is 5.81. The Balaban J connectivity index is 1.92. The van der Waals surface area contributed by atoms with Gasteiger partial charge in [-0.05, 0) is 39.2 Å². The fraction of sp³-hybridized carbons (Fsp3) is 0.929. The van der Waals surface area contributed by atoms with E-state index in [2.05, 4.69) is 17.1 Å².